The summed E-state index contributed by atoms with van der Waals surface area (Å²) in [5.74, 6) is -1.12. The topological polar surface area (TPSA) is 105 Å². The number of anilines is 1. The molecule has 0 radical (unpaired) electrons. The lowest BCUT2D eigenvalue weighted by atomic mass is 10.3. The lowest BCUT2D eigenvalue weighted by molar-refractivity contribution is -0.137. The minimum atomic E-state index is -0.868. The fourth-order valence-electron chi connectivity index (χ4n) is 1.15. The third-order valence-corrected chi connectivity index (χ3v) is 2.86. The number of aliphatic carboxylic acids is 1. The number of thiazole rings is 1. The molecule has 6 nitrogen and oxygen atoms in total. The number of nitrogens with one attached hydrogen (secondary N) is 1. The molecule has 7 heteroatoms. The van der Waals surface area contributed by atoms with Crippen molar-refractivity contribution in [2.45, 2.75) is 19.8 Å². The predicted octanol–water partition coefficient (Wildman–Crippen LogP) is 0.628. The van der Waals surface area contributed by atoms with Gasteiger partial charge < -0.3 is 16.2 Å². The van der Waals surface area contributed by atoms with Crippen LogP contribution in [0.3, 0.4) is 0 Å². The summed E-state index contributed by atoms with van der Waals surface area (Å²) >= 11 is 1.13. The van der Waals surface area contributed by atoms with E-state index in [9.17, 15) is 9.59 Å². The van der Waals surface area contributed by atoms with E-state index in [1.807, 2.05) is 0 Å². The van der Waals surface area contributed by atoms with Crippen molar-refractivity contribution in [3.05, 3.63) is 10.6 Å². The number of hydrogen-bond acceptors (Lipinski definition) is 5. The van der Waals surface area contributed by atoms with Gasteiger partial charge in [-0.15, -0.1) is 0 Å². The maximum absolute atomic E-state index is 11.6. The fraction of sp³-hybridized carbons (Fsp3) is 0.444. The second-order valence-electron chi connectivity index (χ2n) is 3.22. The van der Waals surface area contributed by atoms with Crippen LogP contribution in [0, 0.1) is 6.92 Å². The van der Waals surface area contributed by atoms with Crippen LogP contribution in [0.15, 0.2) is 0 Å². The number of hydrogen-bond donors (Lipinski definition) is 3. The predicted molar refractivity (Wildman–Crippen MR) is 60.5 cm³/mol. The van der Waals surface area contributed by atoms with Gasteiger partial charge in [-0.25, -0.2) is 4.98 Å². The number of nitrogens with two attached hydrogens (primary N) is 1. The van der Waals surface area contributed by atoms with Gasteiger partial charge >= 0.3 is 5.97 Å². The summed E-state index contributed by atoms with van der Waals surface area (Å²) in [6.07, 6.45) is 0.457. The molecule has 0 saturated carbocycles. The van der Waals surface area contributed by atoms with E-state index >= 15 is 0 Å². The minimum absolute atomic E-state index is 0.0457. The van der Waals surface area contributed by atoms with E-state index in [1.165, 1.54) is 0 Å². The lowest BCUT2D eigenvalue weighted by Gasteiger charge is -2.01. The van der Waals surface area contributed by atoms with E-state index in [1.54, 1.807) is 6.92 Å². The SMILES string of the molecule is Cc1nc(N)sc1C(=O)NCCCC(=O)O. The molecule has 1 amide bonds. The van der Waals surface area contributed by atoms with Crippen LogP contribution in [0.2, 0.25) is 0 Å². The van der Waals surface area contributed by atoms with Crippen LogP contribution in [0.1, 0.15) is 28.2 Å². The first-order valence-electron chi connectivity index (χ1n) is 4.73. The fourth-order valence-corrected chi connectivity index (χ4v) is 1.90. The highest BCUT2D eigenvalue weighted by atomic mass is 32.1. The average Bonchev–Trinajstić information content (AvgIpc) is 2.52. The number of aryl methyl sites for hydroxylation is 1. The Bertz CT molecular complexity index is 403. The van der Waals surface area contributed by atoms with Crippen molar-refractivity contribution in [1.29, 1.82) is 0 Å². The maximum Gasteiger partial charge on any atom is 0.303 e. The molecule has 0 aromatic carbocycles. The van der Waals surface area contributed by atoms with Crippen LogP contribution in [0.5, 0.6) is 0 Å². The van der Waals surface area contributed by atoms with Gasteiger partial charge in [0, 0.05) is 13.0 Å². The van der Waals surface area contributed by atoms with E-state index in [0.29, 0.717) is 28.7 Å². The molecule has 1 aromatic rings. The third kappa shape index (κ3) is 3.50. The van der Waals surface area contributed by atoms with Gasteiger partial charge in [-0.05, 0) is 13.3 Å². The standard InChI is InChI=1S/C9H13N3O3S/c1-5-7(16-9(10)12-5)8(15)11-4-2-3-6(13)14/h2-4H2,1H3,(H2,10,12)(H,11,15)(H,13,14). The monoisotopic (exact) mass is 243 g/mol. The number of carbonyl (C=O) groups excluding carboxylic acids is 1. The molecule has 16 heavy (non-hydrogen) atoms. The Labute approximate surface area is 96.5 Å². The molecule has 0 aliphatic rings. The first-order chi connectivity index (χ1) is 7.50. The quantitative estimate of drug-likeness (QED) is 0.658. The van der Waals surface area contributed by atoms with Crippen molar-refractivity contribution in [3.8, 4) is 0 Å². The minimum Gasteiger partial charge on any atom is -0.481 e. The average molecular weight is 243 g/mol. The number of carbonyl (C=O) groups is 2. The second kappa shape index (κ2) is 5.45. The Balaban J connectivity index is 2.41. The molecule has 0 fully saturated rings. The first kappa shape index (κ1) is 12.4. The van der Waals surface area contributed by atoms with Crippen LogP contribution in [-0.2, 0) is 4.79 Å². The van der Waals surface area contributed by atoms with Crippen molar-refractivity contribution in [2.24, 2.45) is 0 Å². The van der Waals surface area contributed by atoms with Crippen LogP contribution in [0.25, 0.3) is 0 Å². The van der Waals surface area contributed by atoms with Crippen molar-refractivity contribution < 1.29 is 14.7 Å². The van der Waals surface area contributed by atoms with E-state index in [0.717, 1.165) is 11.3 Å². The van der Waals surface area contributed by atoms with Crippen LogP contribution in [-0.4, -0.2) is 28.5 Å². The zero-order chi connectivity index (χ0) is 12.1. The molecule has 4 N–H and O–H groups in total. The number of aromatic nitrogens is 1. The van der Waals surface area contributed by atoms with Gasteiger partial charge in [0.05, 0.1) is 5.69 Å². The number of rotatable bonds is 5. The van der Waals surface area contributed by atoms with Crippen molar-refractivity contribution in [1.82, 2.24) is 10.3 Å². The van der Waals surface area contributed by atoms with Gasteiger partial charge in [-0.3, -0.25) is 9.59 Å². The molecule has 0 aliphatic heterocycles. The summed E-state index contributed by atoms with van der Waals surface area (Å²) in [4.78, 5) is 26.2. The number of nitrogen functional groups attached to an aromatic ring is 1. The van der Waals surface area contributed by atoms with E-state index in [4.69, 9.17) is 10.8 Å². The number of amides is 1. The Morgan fingerprint density at radius 3 is 2.75 bits per heavy atom. The van der Waals surface area contributed by atoms with Crippen molar-refractivity contribution in [3.63, 3.8) is 0 Å². The normalized spacial score (nSPS) is 10.1. The molecular formula is C9H13N3O3S. The van der Waals surface area contributed by atoms with Crippen LogP contribution >= 0.6 is 11.3 Å². The van der Waals surface area contributed by atoms with Crippen LogP contribution in [0.4, 0.5) is 5.13 Å². The van der Waals surface area contributed by atoms with E-state index < -0.39 is 5.97 Å². The number of carboxylic acids is 1. The lowest BCUT2D eigenvalue weighted by Crippen LogP contribution is -2.24. The summed E-state index contributed by atoms with van der Waals surface area (Å²) in [6.45, 7) is 2.04. The second-order valence-corrected chi connectivity index (χ2v) is 4.25. The summed E-state index contributed by atoms with van der Waals surface area (Å²) < 4.78 is 0. The molecule has 0 unspecified atom stereocenters. The zero-order valence-corrected chi connectivity index (χ0v) is 9.63. The van der Waals surface area contributed by atoms with Gasteiger partial charge in [0.25, 0.3) is 5.91 Å². The molecule has 0 aliphatic carbocycles. The van der Waals surface area contributed by atoms with Gasteiger partial charge in [-0.1, -0.05) is 11.3 Å². The zero-order valence-electron chi connectivity index (χ0n) is 8.82. The molecule has 88 valence electrons. The molecule has 1 heterocycles. The Morgan fingerprint density at radius 2 is 2.25 bits per heavy atom. The highest BCUT2D eigenvalue weighted by Crippen LogP contribution is 2.19. The smallest absolute Gasteiger partial charge is 0.303 e. The Morgan fingerprint density at radius 1 is 1.56 bits per heavy atom. The Hall–Kier alpha value is -1.63. The van der Waals surface area contributed by atoms with Gasteiger partial charge in [0.2, 0.25) is 0 Å². The number of carboxylic acid groups (broad SMARTS) is 1. The molecule has 0 bridgehead atoms. The summed E-state index contributed by atoms with van der Waals surface area (Å²) in [5.41, 5.74) is 6.06. The summed E-state index contributed by atoms with van der Waals surface area (Å²) in [5, 5.41) is 11.4. The summed E-state index contributed by atoms with van der Waals surface area (Å²) in [7, 11) is 0. The highest BCUT2D eigenvalue weighted by molar-refractivity contribution is 7.17. The molecular weight excluding hydrogens is 230 g/mol. The van der Waals surface area contributed by atoms with Gasteiger partial charge in [-0.2, -0.15) is 0 Å². The molecule has 1 rings (SSSR count). The highest BCUT2D eigenvalue weighted by Gasteiger charge is 2.13. The number of nitrogens with zero attached hydrogens (tertiary/aromatic N) is 1. The van der Waals surface area contributed by atoms with Gasteiger partial charge in [0.15, 0.2) is 5.13 Å². The largest absolute Gasteiger partial charge is 0.481 e. The maximum atomic E-state index is 11.6. The molecule has 0 spiro atoms. The molecule has 1 aromatic heterocycles. The molecule has 0 saturated heterocycles. The van der Waals surface area contributed by atoms with E-state index in [-0.39, 0.29) is 12.3 Å². The van der Waals surface area contributed by atoms with E-state index in [2.05, 4.69) is 10.3 Å². The van der Waals surface area contributed by atoms with Crippen molar-refractivity contribution >= 4 is 28.3 Å². The molecule has 0 atom stereocenters. The first-order valence-corrected chi connectivity index (χ1v) is 5.55. The third-order valence-electron chi connectivity index (χ3n) is 1.87. The summed E-state index contributed by atoms with van der Waals surface area (Å²) in [6, 6.07) is 0. The van der Waals surface area contributed by atoms with Gasteiger partial charge in [0.1, 0.15) is 4.88 Å². The Kier molecular flexibility index (Phi) is 4.24. The van der Waals surface area contributed by atoms with Crippen LogP contribution < -0.4 is 11.1 Å². The van der Waals surface area contributed by atoms with Crippen molar-refractivity contribution in [2.75, 3.05) is 12.3 Å².